The third-order valence-corrected chi connectivity index (χ3v) is 16.2. The monoisotopic (exact) mass is 1550 g/mol. The van der Waals surface area contributed by atoms with Gasteiger partial charge in [-0.1, -0.05) is 62.7 Å². The maximum atomic E-state index is 12.7. The van der Waals surface area contributed by atoms with Gasteiger partial charge in [-0.15, -0.1) is 0 Å². The molecule has 1 aliphatic rings. The Kier molecular flexibility index (Phi) is 37.1. The van der Waals surface area contributed by atoms with Gasteiger partial charge in [-0.05, 0) is 225 Å². The number of unbranched alkanes of at least 4 members (excludes halogenated alkanes) is 1. The van der Waals surface area contributed by atoms with E-state index in [1.807, 2.05) is 90.9 Å². The zero-order valence-corrected chi connectivity index (χ0v) is 65.7. The SMILES string of the molecule is C=C(OCC)c1ccc(NC(=O)NNC(=O)c2ccc(OCCCC)cc2)cc1.CCOc1cc(C(=O)NNC(=O)Nc2ccc(CC)cc2OC)cc(OCC)c1OCC.COc1cc(C(=O)NNC(=O)Nc2ccc(C)cc2)cc(OC)c1OC.Cc1cccc(NC(=O)NNC(=O)c2ccc(OC3CCCC3)cc2)c1. The molecule has 8 aromatic rings. The number of aryl methyl sites for hydroxylation is 3. The second kappa shape index (κ2) is 47.4. The summed E-state index contributed by atoms with van der Waals surface area (Å²) in [7, 11) is 5.90. The minimum atomic E-state index is -0.623. The van der Waals surface area contributed by atoms with E-state index in [0.29, 0.717) is 119 Å². The molecule has 8 aromatic carbocycles. The summed E-state index contributed by atoms with van der Waals surface area (Å²) in [6.07, 6.45) is 7.75. The van der Waals surface area contributed by atoms with Gasteiger partial charge < -0.3 is 68.6 Å². The largest absolute Gasteiger partial charge is 0.495 e. The van der Waals surface area contributed by atoms with Crippen molar-refractivity contribution in [3.63, 3.8) is 0 Å². The predicted octanol–water partition coefficient (Wildman–Crippen LogP) is 14.5. The smallest absolute Gasteiger partial charge is 0.338 e. The fourth-order valence-electron chi connectivity index (χ4n) is 10.5. The van der Waals surface area contributed by atoms with Gasteiger partial charge in [-0.25, -0.2) is 40.9 Å². The highest BCUT2D eigenvalue weighted by Gasteiger charge is 2.22. The Balaban J connectivity index is 0.000000235. The van der Waals surface area contributed by atoms with Crippen molar-refractivity contribution in [3.05, 3.63) is 215 Å². The third-order valence-electron chi connectivity index (χ3n) is 16.2. The summed E-state index contributed by atoms with van der Waals surface area (Å²) < 4.78 is 54.6. The number of carbonyl (C=O) groups excluding carboxylic acids is 8. The van der Waals surface area contributed by atoms with E-state index >= 15 is 0 Å². The average Bonchev–Trinajstić information content (AvgIpc) is 0.892. The molecule has 0 unspecified atom stereocenters. The molecule has 0 heterocycles. The zero-order chi connectivity index (χ0) is 82.0. The Morgan fingerprint density at radius 3 is 1.29 bits per heavy atom. The first-order chi connectivity index (χ1) is 54.6. The Hall–Kier alpha value is -13.5. The van der Waals surface area contributed by atoms with Crippen LogP contribution in [-0.4, -0.2) is 115 Å². The van der Waals surface area contributed by atoms with Crippen molar-refractivity contribution in [2.75, 3.05) is 82.7 Å². The molecule has 1 aliphatic carbocycles. The van der Waals surface area contributed by atoms with E-state index in [1.54, 1.807) is 109 Å². The van der Waals surface area contributed by atoms with Crippen LogP contribution in [0.15, 0.2) is 170 Å². The quantitative estimate of drug-likeness (QED) is 0.0123. The van der Waals surface area contributed by atoms with Crippen LogP contribution in [0.1, 0.15) is 144 Å². The molecular formula is C83H102N12O18. The van der Waals surface area contributed by atoms with Crippen molar-refractivity contribution >= 4 is 76.3 Å². The first-order valence-corrected chi connectivity index (χ1v) is 36.7. The number of benzene rings is 8. The highest BCUT2D eigenvalue weighted by Crippen LogP contribution is 2.40. The first-order valence-electron chi connectivity index (χ1n) is 36.7. The average molecular weight is 1560 g/mol. The highest BCUT2D eigenvalue weighted by atomic mass is 16.5. The Labute approximate surface area is 658 Å². The van der Waals surface area contributed by atoms with Gasteiger partial charge in [0.1, 0.15) is 23.0 Å². The number of methoxy groups -OCH3 is 4. The maximum Gasteiger partial charge on any atom is 0.338 e. The van der Waals surface area contributed by atoms with Gasteiger partial charge in [0.25, 0.3) is 23.6 Å². The van der Waals surface area contributed by atoms with Gasteiger partial charge in [0.15, 0.2) is 23.0 Å². The van der Waals surface area contributed by atoms with Crippen LogP contribution in [0.5, 0.6) is 51.7 Å². The molecule has 0 saturated heterocycles. The van der Waals surface area contributed by atoms with Crippen LogP contribution in [0.4, 0.5) is 41.9 Å². The van der Waals surface area contributed by atoms with Crippen molar-refractivity contribution < 1.29 is 85.7 Å². The van der Waals surface area contributed by atoms with Crippen molar-refractivity contribution in [2.24, 2.45) is 0 Å². The topological polar surface area (TPSA) is 373 Å². The Morgan fingerprint density at radius 2 is 0.841 bits per heavy atom. The number of nitrogens with one attached hydrogen (secondary N) is 12. The highest BCUT2D eigenvalue weighted by molar-refractivity contribution is 6.01. The summed E-state index contributed by atoms with van der Waals surface area (Å²) in [6.45, 7) is 21.6. The van der Waals surface area contributed by atoms with Crippen LogP contribution >= 0.6 is 0 Å². The summed E-state index contributed by atoms with van der Waals surface area (Å²) in [5, 5.41) is 10.5. The number of anilines is 4. The van der Waals surface area contributed by atoms with Crippen LogP contribution in [-0.2, 0) is 11.2 Å². The molecule has 0 bridgehead atoms. The van der Waals surface area contributed by atoms with Gasteiger partial charge in [-0.2, -0.15) is 0 Å². The number of rotatable bonds is 28. The summed E-state index contributed by atoms with van der Waals surface area (Å²) >= 11 is 0. The first kappa shape index (κ1) is 88.4. The summed E-state index contributed by atoms with van der Waals surface area (Å²) in [5.74, 6) is 2.90. The van der Waals surface area contributed by atoms with Gasteiger partial charge in [-0.3, -0.25) is 40.9 Å². The molecule has 30 nitrogen and oxygen atoms in total. The molecule has 113 heavy (non-hydrogen) atoms. The van der Waals surface area contributed by atoms with Crippen molar-refractivity contribution in [3.8, 4) is 51.7 Å². The molecule has 12 N–H and O–H groups in total. The minimum Gasteiger partial charge on any atom is -0.495 e. The van der Waals surface area contributed by atoms with Gasteiger partial charge >= 0.3 is 24.1 Å². The van der Waals surface area contributed by atoms with Crippen LogP contribution in [0.2, 0.25) is 0 Å². The molecule has 1 fully saturated rings. The van der Waals surface area contributed by atoms with E-state index in [9.17, 15) is 38.4 Å². The Bertz CT molecular complexity index is 4370. The minimum absolute atomic E-state index is 0.232. The number of ether oxygens (including phenoxy) is 10. The number of amides is 12. The lowest BCUT2D eigenvalue weighted by Gasteiger charge is -2.17. The number of hydrogen-bond acceptors (Lipinski definition) is 18. The van der Waals surface area contributed by atoms with E-state index in [2.05, 4.69) is 78.2 Å². The van der Waals surface area contributed by atoms with E-state index < -0.39 is 47.8 Å². The number of urea groups is 4. The molecule has 0 aliphatic heterocycles. The molecule has 0 aromatic heterocycles. The summed E-state index contributed by atoms with van der Waals surface area (Å²) in [5.41, 5.74) is 26.4. The fourth-order valence-corrected chi connectivity index (χ4v) is 10.5. The molecule has 12 amide bonds. The molecule has 1 saturated carbocycles. The van der Waals surface area contributed by atoms with Crippen molar-refractivity contribution in [1.29, 1.82) is 0 Å². The van der Waals surface area contributed by atoms with E-state index in [4.69, 9.17) is 47.4 Å². The third kappa shape index (κ3) is 29.8. The molecule has 9 rings (SSSR count). The second-order valence-corrected chi connectivity index (χ2v) is 24.5. The molecule has 602 valence electrons. The molecular weight excluding hydrogens is 1450 g/mol. The molecule has 0 radical (unpaired) electrons. The Morgan fingerprint density at radius 1 is 0.389 bits per heavy atom. The van der Waals surface area contributed by atoms with E-state index in [0.717, 1.165) is 60.1 Å². The standard InChI is InChI=1S/C23H31N3O6.C22H27N3O4.C20H23N3O3.C18H21N3O5/c1-6-15-10-11-17(18(12-15)29-5)24-23(28)26-25-22(27)16-13-19(30-7-2)21(32-9-4)20(14-16)31-8-3;1-4-6-15-29-20-13-9-18(10-14-20)21(26)24-25-22(27)23-19-11-7-17(8-12-19)16(3)28-5-2;1-14-5-4-6-16(13-14)21-20(25)23-22-19(24)15-9-11-18(12-10-15)26-17-7-2-3-8-17;1-11-5-7-13(8-6-11)19-18(23)21-20-17(22)12-9-14(24-2)16(26-4)15(10-12)25-3/h10-14H,6-9H2,1-5H3,(H,25,27)(H2,24,26,28);7-14H,3-6,15H2,1-2H3,(H,24,26)(H2,23,25,27);4-6,9-13,17H,2-3,7-8H2,1H3,(H,22,24)(H2,21,23,25);5-10H,1-4H3,(H,20,22)(H2,19,21,23). The second-order valence-electron chi connectivity index (χ2n) is 24.5. The predicted molar refractivity (Wildman–Crippen MR) is 433 cm³/mol. The van der Waals surface area contributed by atoms with E-state index in [1.165, 1.54) is 53.4 Å². The lowest BCUT2D eigenvalue weighted by molar-refractivity contribution is 0.0930. The summed E-state index contributed by atoms with van der Waals surface area (Å²) in [4.78, 5) is 97.2. The van der Waals surface area contributed by atoms with Crippen molar-refractivity contribution in [2.45, 2.75) is 106 Å². The number of carbonyl (C=O) groups is 8. The zero-order valence-electron chi connectivity index (χ0n) is 65.7. The fraction of sp³-hybridized carbons (Fsp3) is 0.301. The van der Waals surface area contributed by atoms with Gasteiger partial charge in [0, 0.05) is 44.9 Å². The number of hydrogen-bond donors (Lipinski definition) is 12. The normalized spacial score (nSPS) is 10.9. The summed E-state index contributed by atoms with van der Waals surface area (Å²) in [6, 6.07) is 44.6. The van der Waals surface area contributed by atoms with Crippen LogP contribution in [0, 0.1) is 13.8 Å². The van der Waals surface area contributed by atoms with Crippen LogP contribution in [0.25, 0.3) is 5.76 Å². The van der Waals surface area contributed by atoms with E-state index in [-0.39, 0.29) is 17.2 Å². The molecule has 30 heteroatoms. The number of hydrazine groups is 4. The van der Waals surface area contributed by atoms with Crippen LogP contribution in [0.3, 0.4) is 0 Å². The molecule has 0 atom stereocenters. The van der Waals surface area contributed by atoms with Crippen molar-refractivity contribution in [1.82, 2.24) is 43.4 Å². The van der Waals surface area contributed by atoms with Gasteiger partial charge in [0.05, 0.1) is 73.3 Å². The van der Waals surface area contributed by atoms with Gasteiger partial charge in [0.2, 0.25) is 11.5 Å². The lowest BCUT2D eigenvalue weighted by atomic mass is 10.1. The maximum absolute atomic E-state index is 12.7. The van der Waals surface area contributed by atoms with Crippen LogP contribution < -0.4 is 107 Å². The lowest BCUT2D eigenvalue weighted by Crippen LogP contribution is -2.44. The molecule has 0 spiro atoms.